The van der Waals surface area contributed by atoms with Crippen molar-refractivity contribution in [3.8, 4) is 0 Å². The van der Waals surface area contributed by atoms with Gasteiger partial charge in [-0.25, -0.2) is 14.3 Å². The van der Waals surface area contributed by atoms with Crippen LogP contribution in [-0.2, 0) is 21.4 Å². The van der Waals surface area contributed by atoms with E-state index in [1.54, 1.807) is 24.6 Å². The molecule has 0 radical (unpaired) electrons. The number of urea groups is 1. The van der Waals surface area contributed by atoms with Crippen LogP contribution in [0.5, 0.6) is 0 Å². The van der Waals surface area contributed by atoms with Gasteiger partial charge in [-0.3, -0.25) is 14.5 Å². The second-order valence-electron chi connectivity index (χ2n) is 8.58. The molecule has 2 unspecified atom stereocenters. The Morgan fingerprint density at radius 1 is 1.32 bits per heavy atom. The molecule has 3 atom stereocenters. The summed E-state index contributed by atoms with van der Waals surface area (Å²) in [7, 11) is 1.68. The van der Waals surface area contributed by atoms with E-state index < -0.39 is 41.3 Å². The molecule has 16 heteroatoms. The zero-order valence-corrected chi connectivity index (χ0v) is 23.2. The van der Waals surface area contributed by atoms with Crippen molar-refractivity contribution in [3.63, 3.8) is 0 Å². The van der Waals surface area contributed by atoms with Gasteiger partial charge in [0.25, 0.3) is 5.91 Å². The lowest BCUT2D eigenvalue weighted by molar-refractivity contribution is -0.150. The van der Waals surface area contributed by atoms with Crippen LogP contribution in [-0.4, -0.2) is 83.5 Å². The lowest BCUT2D eigenvalue weighted by Gasteiger charge is -2.49. The van der Waals surface area contributed by atoms with Gasteiger partial charge >= 0.3 is 12.0 Å². The number of carboxylic acids is 1. The van der Waals surface area contributed by atoms with Crippen molar-refractivity contribution in [1.82, 2.24) is 41.1 Å². The van der Waals surface area contributed by atoms with Crippen molar-refractivity contribution < 1.29 is 24.3 Å². The van der Waals surface area contributed by atoms with Crippen molar-refractivity contribution in [3.05, 3.63) is 33.7 Å². The number of carbonyl (C=O) groups is 4. The highest BCUT2D eigenvalue weighted by Gasteiger charge is 2.54. The Morgan fingerprint density at radius 3 is 2.79 bits per heavy atom. The van der Waals surface area contributed by atoms with Crippen molar-refractivity contribution >= 4 is 58.7 Å². The third-order valence-corrected chi connectivity index (χ3v) is 9.31. The zero-order chi connectivity index (χ0) is 27.2. The third kappa shape index (κ3) is 6.13. The SMILES string of the molecule is CCCCCNC(=O)NC(C(=O)N[C@H]1C(=O)N2C(C(=O)O)=C(CSc3nnnn3C)CSC12)c1cccs1. The van der Waals surface area contributed by atoms with E-state index in [4.69, 9.17) is 0 Å². The van der Waals surface area contributed by atoms with Gasteiger partial charge in [0, 0.05) is 30.0 Å². The van der Waals surface area contributed by atoms with E-state index >= 15 is 0 Å². The largest absolute Gasteiger partial charge is 0.477 e. The molecule has 1 saturated heterocycles. The van der Waals surface area contributed by atoms with E-state index in [-0.39, 0.29) is 5.70 Å². The maximum absolute atomic E-state index is 13.2. The molecule has 1 fully saturated rings. The summed E-state index contributed by atoms with van der Waals surface area (Å²) >= 11 is 3.97. The summed E-state index contributed by atoms with van der Waals surface area (Å²) in [6.45, 7) is 2.56. The van der Waals surface area contributed by atoms with Gasteiger partial charge in [-0.15, -0.1) is 28.2 Å². The summed E-state index contributed by atoms with van der Waals surface area (Å²) in [6.07, 6.45) is 2.84. The fourth-order valence-corrected chi connectivity index (χ4v) is 7.11. The Balaban J connectivity index is 1.42. The molecule has 0 aliphatic carbocycles. The number of aryl methyl sites for hydroxylation is 1. The molecular weight excluding hydrogens is 552 g/mol. The number of rotatable bonds is 12. The number of nitrogens with one attached hydrogen (secondary N) is 3. The highest BCUT2D eigenvalue weighted by Crippen LogP contribution is 2.41. The van der Waals surface area contributed by atoms with Crippen molar-refractivity contribution in [2.45, 2.75) is 48.8 Å². The van der Waals surface area contributed by atoms with Gasteiger partial charge in [-0.1, -0.05) is 37.6 Å². The van der Waals surface area contributed by atoms with Gasteiger partial charge in [0.2, 0.25) is 11.1 Å². The molecule has 4 rings (SSSR count). The maximum atomic E-state index is 13.2. The number of aromatic nitrogens is 4. The third-order valence-electron chi connectivity index (χ3n) is 5.94. The number of fused-ring (bicyclic) bond motifs is 1. The van der Waals surface area contributed by atoms with Gasteiger partial charge in [-0.05, 0) is 33.9 Å². The molecule has 2 aliphatic heterocycles. The highest BCUT2D eigenvalue weighted by molar-refractivity contribution is 8.01. The summed E-state index contributed by atoms with van der Waals surface area (Å²) in [4.78, 5) is 52.7. The van der Waals surface area contributed by atoms with Gasteiger partial charge < -0.3 is 21.1 Å². The summed E-state index contributed by atoms with van der Waals surface area (Å²) in [5, 5.41) is 31.1. The minimum Gasteiger partial charge on any atom is -0.477 e. The predicted octanol–water partition coefficient (Wildman–Crippen LogP) is 1.33. The number of aliphatic carboxylic acids is 1. The number of tetrazole rings is 1. The predicted molar refractivity (Wildman–Crippen MR) is 142 cm³/mol. The summed E-state index contributed by atoms with van der Waals surface area (Å²) < 4.78 is 1.48. The Bertz CT molecular complexity index is 1220. The number of carbonyl (C=O) groups excluding carboxylic acids is 3. The van der Waals surface area contributed by atoms with E-state index in [2.05, 4.69) is 38.4 Å². The fourth-order valence-electron chi connectivity index (χ4n) is 4.01. The van der Waals surface area contributed by atoms with Crippen LogP contribution in [0.3, 0.4) is 0 Å². The Kier molecular flexibility index (Phi) is 9.27. The van der Waals surface area contributed by atoms with Crippen LogP contribution in [0.1, 0.15) is 37.1 Å². The number of carboxylic acid groups (broad SMARTS) is 1. The first kappa shape index (κ1) is 27.9. The molecule has 4 N–H and O–H groups in total. The number of β-lactam (4-membered cyclic amide) rings is 1. The molecule has 2 aromatic heterocycles. The lowest BCUT2D eigenvalue weighted by Crippen LogP contribution is -2.71. The smallest absolute Gasteiger partial charge is 0.352 e. The van der Waals surface area contributed by atoms with Crippen LogP contribution in [0.25, 0.3) is 0 Å². The monoisotopic (exact) mass is 580 g/mol. The number of unbranched alkanes of at least 4 members (excludes halogenated alkanes) is 2. The van der Waals surface area contributed by atoms with Crippen LogP contribution < -0.4 is 16.0 Å². The van der Waals surface area contributed by atoms with Crippen LogP contribution >= 0.6 is 34.9 Å². The molecule has 0 bridgehead atoms. The minimum absolute atomic E-state index is 0.0775. The van der Waals surface area contributed by atoms with Gasteiger partial charge in [0.15, 0.2) is 0 Å². The van der Waals surface area contributed by atoms with Crippen molar-refractivity contribution in [2.75, 3.05) is 18.1 Å². The van der Waals surface area contributed by atoms with Crippen LogP contribution in [0.4, 0.5) is 4.79 Å². The molecule has 13 nitrogen and oxygen atoms in total. The summed E-state index contributed by atoms with van der Waals surface area (Å²) in [5.41, 5.74) is 0.494. The number of hydrogen-bond acceptors (Lipinski definition) is 10. The highest BCUT2D eigenvalue weighted by atomic mass is 32.2. The molecule has 4 heterocycles. The van der Waals surface area contributed by atoms with E-state index in [1.807, 2.05) is 0 Å². The molecule has 4 amide bonds. The average Bonchev–Trinajstić information content (AvgIpc) is 3.58. The summed E-state index contributed by atoms with van der Waals surface area (Å²) in [5.74, 6) is -1.59. The second-order valence-corrected chi connectivity index (χ2v) is 11.6. The topological polar surface area (TPSA) is 171 Å². The second kappa shape index (κ2) is 12.6. The Labute approximate surface area is 231 Å². The molecule has 2 aliphatic rings. The van der Waals surface area contributed by atoms with Crippen molar-refractivity contribution in [2.24, 2.45) is 7.05 Å². The van der Waals surface area contributed by atoms with Crippen LogP contribution in [0.15, 0.2) is 33.9 Å². The Hall–Kier alpha value is -3.11. The molecule has 38 heavy (non-hydrogen) atoms. The summed E-state index contributed by atoms with van der Waals surface area (Å²) in [6, 6.07) is 1.14. The molecule has 2 aromatic rings. The number of amides is 4. The van der Waals surface area contributed by atoms with E-state index in [9.17, 15) is 24.3 Å². The molecule has 204 valence electrons. The maximum Gasteiger partial charge on any atom is 0.352 e. The standard InChI is InChI=1S/C22H28N8O5S3/c1-3-4-5-8-23-21(35)25-14(13-7-6-9-36-13)17(31)24-15-18(32)30-16(20(33)34)12(10-37-19(15)30)11-38-22-26-27-28-29(22)2/h6-7,9,14-15,19H,3-5,8,10-11H2,1-2H3,(H,24,31)(H,33,34)(H2,23,25,35)/t14?,15-,19?/m0/s1. The molecule has 0 saturated carbocycles. The minimum atomic E-state index is -1.21. The molecule has 0 spiro atoms. The average molecular weight is 581 g/mol. The number of thiophene rings is 1. The van der Waals surface area contributed by atoms with Crippen molar-refractivity contribution in [1.29, 1.82) is 0 Å². The number of hydrogen-bond donors (Lipinski definition) is 4. The zero-order valence-electron chi connectivity index (χ0n) is 20.7. The number of thioether (sulfide) groups is 2. The first-order valence-electron chi connectivity index (χ1n) is 11.9. The van der Waals surface area contributed by atoms with Crippen LogP contribution in [0.2, 0.25) is 0 Å². The lowest BCUT2D eigenvalue weighted by atomic mass is 10.0. The van der Waals surface area contributed by atoms with Gasteiger partial charge in [0.1, 0.15) is 23.2 Å². The normalized spacial score (nSPS) is 19.4. The Morgan fingerprint density at radius 2 is 2.13 bits per heavy atom. The van der Waals surface area contributed by atoms with E-state index in [0.29, 0.717) is 33.7 Å². The first-order chi connectivity index (χ1) is 18.3. The van der Waals surface area contributed by atoms with Crippen LogP contribution in [0, 0.1) is 0 Å². The van der Waals surface area contributed by atoms with Gasteiger partial charge in [-0.2, -0.15) is 0 Å². The number of nitrogens with zero attached hydrogens (tertiary/aromatic N) is 5. The quantitative estimate of drug-likeness (QED) is 0.163. The molecular formula is C22H28N8O5S3. The first-order valence-corrected chi connectivity index (χ1v) is 14.9. The van der Waals surface area contributed by atoms with E-state index in [0.717, 1.165) is 19.3 Å². The molecule has 0 aromatic carbocycles. The van der Waals surface area contributed by atoms with Gasteiger partial charge in [0.05, 0.1) is 0 Å². The fraction of sp³-hybridized carbons (Fsp3) is 0.500. The van der Waals surface area contributed by atoms with E-state index in [1.165, 1.54) is 44.4 Å².